The van der Waals surface area contributed by atoms with Gasteiger partial charge in [0.15, 0.2) is 29.8 Å². The third-order valence-corrected chi connectivity index (χ3v) is 4.10. The van der Waals surface area contributed by atoms with Gasteiger partial charge in [-0.2, -0.15) is 4.39 Å². The smallest absolute Gasteiger partial charge is 0.339 e. The molecule has 2 atom stereocenters. The van der Waals surface area contributed by atoms with Gasteiger partial charge in [-0.15, -0.1) is 0 Å². The molecule has 27 heavy (non-hydrogen) atoms. The fraction of sp³-hybridized carbons (Fsp3) is 0.294. The van der Waals surface area contributed by atoms with E-state index in [1.54, 1.807) is 6.92 Å². The third-order valence-electron chi connectivity index (χ3n) is 4.10. The number of nitrogens with zero attached hydrogens (tertiary/aromatic N) is 1. The molecule has 0 spiro atoms. The van der Waals surface area contributed by atoms with Crippen molar-refractivity contribution in [2.45, 2.75) is 32.1 Å². The van der Waals surface area contributed by atoms with Crippen LogP contribution in [0.2, 0.25) is 0 Å². The largest absolute Gasteiger partial charge is 0.421 e. The highest BCUT2D eigenvalue weighted by molar-refractivity contribution is 5.90. The molecule has 2 aliphatic carbocycles. The Morgan fingerprint density at radius 1 is 1.15 bits per heavy atom. The van der Waals surface area contributed by atoms with Crippen LogP contribution in [-0.2, 0) is 9.53 Å². The number of aromatic nitrogens is 2. The van der Waals surface area contributed by atoms with Crippen LogP contribution in [-0.4, -0.2) is 28.1 Å². The van der Waals surface area contributed by atoms with Gasteiger partial charge in [-0.25, -0.2) is 27.0 Å². The van der Waals surface area contributed by atoms with Gasteiger partial charge in [-0.05, 0) is 31.9 Å². The highest BCUT2D eigenvalue weighted by Gasteiger charge is 2.42. The number of alkyl halides is 2. The normalized spacial score (nSPS) is 23.3. The van der Waals surface area contributed by atoms with E-state index in [0.29, 0.717) is 11.4 Å². The summed E-state index contributed by atoms with van der Waals surface area (Å²) in [6, 6.07) is 1.38. The number of carbonyl (C=O) groups is 1. The van der Waals surface area contributed by atoms with Crippen molar-refractivity contribution in [2.24, 2.45) is 0 Å². The summed E-state index contributed by atoms with van der Waals surface area (Å²) in [6.45, 7) is 1.69. The van der Waals surface area contributed by atoms with Crippen LogP contribution < -0.4 is 5.56 Å². The molecular formula is C17H13F5N2O3. The Morgan fingerprint density at radius 2 is 1.85 bits per heavy atom. The monoisotopic (exact) mass is 388 g/mol. The molecule has 0 bridgehead atoms. The van der Waals surface area contributed by atoms with Crippen LogP contribution in [0.15, 0.2) is 51.8 Å². The third kappa shape index (κ3) is 3.38. The van der Waals surface area contributed by atoms with Gasteiger partial charge in [0.05, 0.1) is 0 Å². The Balaban J connectivity index is 1.82. The summed E-state index contributed by atoms with van der Waals surface area (Å²) in [4.78, 5) is 23.8. The molecule has 0 aromatic carbocycles. The standard InChI is InChI=1S/C17H13F5N2O3/c1-7-6-10(25)24(23-7)9-4-2-8(3-5-9)17(26)27-16-14(21)12(19)11(18)13(20)15(16)22/h2,4,6,12,14,23H,3,5H2,1H3. The van der Waals surface area contributed by atoms with Gasteiger partial charge in [0.1, 0.15) is 0 Å². The first-order valence-electron chi connectivity index (χ1n) is 7.85. The van der Waals surface area contributed by atoms with Crippen LogP contribution in [0.25, 0.3) is 5.70 Å². The van der Waals surface area contributed by atoms with Gasteiger partial charge in [0.2, 0.25) is 5.83 Å². The minimum atomic E-state index is -3.10. The van der Waals surface area contributed by atoms with Crippen molar-refractivity contribution >= 4 is 11.7 Å². The van der Waals surface area contributed by atoms with Crippen molar-refractivity contribution in [3.63, 3.8) is 0 Å². The number of nitrogens with one attached hydrogen (secondary N) is 1. The highest BCUT2D eigenvalue weighted by atomic mass is 19.2. The van der Waals surface area contributed by atoms with Gasteiger partial charge in [-0.1, -0.05) is 0 Å². The molecule has 1 aromatic heterocycles. The van der Waals surface area contributed by atoms with E-state index in [1.807, 2.05) is 0 Å². The second-order valence-corrected chi connectivity index (χ2v) is 6.00. The van der Waals surface area contributed by atoms with E-state index in [4.69, 9.17) is 0 Å². The molecule has 1 N–H and O–H groups in total. The fourth-order valence-electron chi connectivity index (χ4n) is 2.69. The predicted molar refractivity (Wildman–Crippen MR) is 84.6 cm³/mol. The number of aryl methyl sites for hydroxylation is 1. The van der Waals surface area contributed by atoms with Crippen LogP contribution in [0.3, 0.4) is 0 Å². The molecule has 1 aromatic rings. The lowest BCUT2D eigenvalue weighted by Gasteiger charge is -2.21. The zero-order chi connectivity index (χ0) is 19.9. The summed E-state index contributed by atoms with van der Waals surface area (Å²) < 4.78 is 72.6. The lowest BCUT2D eigenvalue weighted by molar-refractivity contribution is -0.137. The SMILES string of the molecule is Cc1cc(=O)n(C2=CC=C(C(=O)OC3=C(F)C(F)=C(F)C(F)C3F)CC2)[nH]1. The van der Waals surface area contributed by atoms with E-state index in [-0.39, 0.29) is 24.0 Å². The summed E-state index contributed by atoms with van der Waals surface area (Å²) >= 11 is 0. The van der Waals surface area contributed by atoms with Gasteiger partial charge in [0.25, 0.3) is 5.56 Å². The van der Waals surface area contributed by atoms with E-state index in [1.165, 1.54) is 22.9 Å². The Bertz CT molecular complexity index is 983. The first-order chi connectivity index (χ1) is 12.7. The Hall–Kier alpha value is -2.91. The molecule has 3 rings (SSSR count). The van der Waals surface area contributed by atoms with Crippen molar-refractivity contribution < 1.29 is 31.5 Å². The van der Waals surface area contributed by atoms with Crippen molar-refractivity contribution in [3.05, 3.63) is 63.1 Å². The first-order valence-corrected chi connectivity index (χ1v) is 7.85. The number of rotatable bonds is 3. The molecule has 2 aliphatic rings. The molecular weight excluding hydrogens is 375 g/mol. The number of hydrogen-bond donors (Lipinski definition) is 1. The van der Waals surface area contributed by atoms with Crippen molar-refractivity contribution in [1.82, 2.24) is 9.78 Å². The van der Waals surface area contributed by atoms with Gasteiger partial charge < -0.3 is 4.74 Å². The number of allylic oxidation sites excluding steroid dienone is 7. The number of ether oxygens (including phenoxy) is 1. The summed E-state index contributed by atoms with van der Waals surface area (Å²) in [5, 5.41) is 2.81. The lowest BCUT2D eigenvalue weighted by Crippen LogP contribution is -2.29. The van der Waals surface area contributed by atoms with E-state index in [9.17, 15) is 31.5 Å². The van der Waals surface area contributed by atoms with Crippen LogP contribution in [0, 0.1) is 6.92 Å². The topological polar surface area (TPSA) is 64.1 Å². The van der Waals surface area contributed by atoms with Crippen LogP contribution >= 0.6 is 0 Å². The quantitative estimate of drug-likeness (QED) is 0.636. The lowest BCUT2D eigenvalue weighted by atomic mass is 10.0. The van der Waals surface area contributed by atoms with E-state index in [2.05, 4.69) is 9.84 Å². The number of carbonyl (C=O) groups excluding carboxylic acids is 1. The number of H-pyrrole nitrogens is 1. The minimum Gasteiger partial charge on any atom is -0.421 e. The highest BCUT2D eigenvalue weighted by Crippen LogP contribution is 2.37. The Labute approximate surface area is 149 Å². The maximum atomic E-state index is 13.7. The van der Waals surface area contributed by atoms with E-state index < -0.39 is 41.6 Å². The summed E-state index contributed by atoms with van der Waals surface area (Å²) in [5.74, 6) is -9.33. The van der Waals surface area contributed by atoms with Gasteiger partial charge in [0, 0.05) is 23.0 Å². The zero-order valence-corrected chi connectivity index (χ0v) is 13.9. The predicted octanol–water partition coefficient (Wildman–Crippen LogP) is 3.61. The van der Waals surface area contributed by atoms with Crippen molar-refractivity contribution in [1.29, 1.82) is 0 Å². The zero-order valence-electron chi connectivity index (χ0n) is 13.9. The molecule has 0 saturated heterocycles. The number of hydrogen-bond acceptors (Lipinski definition) is 3. The number of aromatic amines is 1. The maximum Gasteiger partial charge on any atom is 0.339 e. The van der Waals surface area contributed by atoms with Crippen LogP contribution in [0.1, 0.15) is 18.5 Å². The molecule has 0 saturated carbocycles. The fourth-order valence-corrected chi connectivity index (χ4v) is 2.69. The van der Waals surface area contributed by atoms with Crippen molar-refractivity contribution in [3.8, 4) is 0 Å². The summed E-state index contributed by atoms with van der Waals surface area (Å²) in [7, 11) is 0. The Morgan fingerprint density at radius 3 is 2.41 bits per heavy atom. The average Bonchev–Trinajstić information content (AvgIpc) is 3.00. The van der Waals surface area contributed by atoms with E-state index >= 15 is 0 Å². The summed E-state index contributed by atoms with van der Waals surface area (Å²) in [6.07, 6.45) is -3.12. The molecule has 5 nitrogen and oxygen atoms in total. The van der Waals surface area contributed by atoms with Crippen LogP contribution in [0.4, 0.5) is 22.0 Å². The molecule has 1 heterocycles. The van der Waals surface area contributed by atoms with Crippen LogP contribution in [0.5, 0.6) is 0 Å². The van der Waals surface area contributed by atoms with Gasteiger partial charge >= 0.3 is 5.97 Å². The Kier molecular flexibility index (Phi) is 4.90. The van der Waals surface area contributed by atoms with Gasteiger partial charge in [-0.3, -0.25) is 9.89 Å². The molecule has 0 fully saturated rings. The second-order valence-electron chi connectivity index (χ2n) is 6.00. The molecule has 0 amide bonds. The maximum absolute atomic E-state index is 13.7. The molecule has 2 unspecified atom stereocenters. The molecule has 0 radical (unpaired) electrons. The molecule has 10 heteroatoms. The molecule has 0 aliphatic heterocycles. The minimum absolute atomic E-state index is 0.0339. The van der Waals surface area contributed by atoms with E-state index in [0.717, 1.165) is 0 Å². The average molecular weight is 388 g/mol. The summed E-state index contributed by atoms with van der Waals surface area (Å²) in [5.41, 5.74) is 0.836. The number of esters is 1. The number of halogens is 5. The first kappa shape index (κ1) is 18.9. The molecule has 144 valence electrons. The van der Waals surface area contributed by atoms with Crippen molar-refractivity contribution in [2.75, 3.05) is 0 Å². The second kappa shape index (κ2) is 7.01.